The molecule has 0 radical (unpaired) electrons. The van der Waals surface area contributed by atoms with Gasteiger partial charge in [-0.05, 0) is 17.7 Å². The number of rotatable bonds is 6. The molecule has 0 atom stereocenters. The first-order chi connectivity index (χ1) is 12.7. The number of ether oxygens (including phenoxy) is 1. The summed E-state index contributed by atoms with van der Waals surface area (Å²) in [5, 5.41) is 2.83. The second kappa shape index (κ2) is 9.20. The van der Waals surface area contributed by atoms with Crippen LogP contribution >= 0.6 is 0 Å². The predicted molar refractivity (Wildman–Crippen MR) is 98.6 cm³/mol. The van der Waals surface area contributed by atoms with Gasteiger partial charge in [-0.15, -0.1) is 0 Å². The minimum Gasteiger partial charge on any atom is -0.489 e. The van der Waals surface area contributed by atoms with E-state index >= 15 is 0 Å². The Labute approximate surface area is 153 Å². The molecule has 1 aliphatic heterocycles. The lowest BCUT2D eigenvalue weighted by Crippen LogP contribution is -2.51. The number of benzene rings is 2. The number of amides is 2. The van der Waals surface area contributed by atoms with Gasteiger partial charge >= 0.3 is 6.03 Å². The van der Waals surface area contributed by atoms with E-state index in [1.807, 2.05) is 23.1 Å². The van der Waals surface area contributed by atoms with Crippen molar-refractivity contribution in [2.75, 3.05) is 39.3 Å². The van der Waals surface area contributed by atoms with E-state index in [1.165, 1.54) is 11.6 Å². The molecule has 1 aliphatic rings. The Morgan fingerprint density at radius 3 is 2.42 bits per heavy atom. The van der Waals surface area contributed by atoms with Gasteiger partial charge < -0.3 is 15.0 Å². The summed E-state index contributed by atoms with van der Waals surface area (Å²) in [4.78, 5) is 16.4. The highest BCUT2D eigenvalue weighted by Gasteiger charge is 2.20. The quantitative estimate of drug-likeness (QED) is 0.809. The number of nitrogens with one attached hydrogen (secondary N) is 1. The van der Waals surface area contributed by atoms with Gasteiger partial charge in [0.25, 0.3) is 0 Å². The molecule has 1 fully saturated rings. The van der Waals surface area contributed by atoms with E-state index in [0.29, 0.717) is 19.6 Å². The van der Waals surface area contributed by atoms with Crippen LogP contribution < -0.4 is 10.1 Å². The van der Waals surface area contributed by atoms with E-state index in [1.54, 1.807) is 18.2 Å². The third-order valence-corrected chi connectivity index (χ3v) is 4.38. The summed E-state index contributed by atoms with van der Waals surface area (Å²) in [5.41, 5.74) is 1.29. The van der Waals surface area contributed by atoms with E-state index in [4.69, 9.17) is 4.74 Å². The summed E-state index contributed by atoms with van der Waals surface area (Å²) in [6, 6.07) is 16.5. The second-order valence-corrected chi connectivity index (χ2v) is 6.26. The lowest BCUT2D eigenvalue weighted by Gasteiger charge is -2.34. The number of carbonyl (C=O) groups is 1. The first kappa shape index (κ1) is 18.2. The summed E-state index contributed by atoms with van der Waals surface area (Å²) in [7, 11) is 0. The van der Waals surface area contributed by atoms with Crippen LogP contribution in [0.15, 0.2) is 54.6 Å². The maximum absolute atomic E-state index is 13.4. The zero-order valence-electron chi connectivity index (χ0n) is 14.7. The molecule has 0 unspecified atom stereocenters. The largest absolute Gasteiger partial charge is 0.489 e. The minimum atomic E-state index is -0.395. The van der Waals surface area contributed by atoms with Crippen molar-refractivity contribution in [3.05, 3.63) is 66.0 Å². The number of carbonyl (C=O) groups excluding carboxylic acids is 1. The average molecular weight is 357 g/mol. The van der Waals surface area contributed by atoms with Crippen molar-refractivity contribution < 1.29 is 13.9 Å². The third kappa shape index (κ3) is 5.20. The van der Waals surface area contributed by atoms with Gasteiger partial charge in [-0.1, -0.05) is 42.5 Å². The van der Waals surface area contributed by atoms with E-state index in [9.17, 15) is 9.18 Å². The number of para-hydroxylation sites is 1. The summed E-state index contributed by atoms with van der Waals surface area (Å²) in [6.45, 7) is 4.60. The molecule has 0 aromatic heterocycles. The van der Waals surface area contributed by atoms with Crippen LogP contribution in [0.2, 0.25) is 0 Å². The first-order valence-corrected chi connectivity index (χ1v) is 8.89. The highest BCUT2D eigenvalue weighted by atomic mass is 19.1. The molecule has 6 heteroatoms. The van der Waals surface area contributed by atoms with Crippen molar-refractivity contribution in [1.82, 2.24) is 15.1 Å². The van der Waals surface area contributed by atoms with Gasteiger partial charge in [0, 0.05) is 32.7 Å². The molecular formula is C20H24FN3O2. The highest BCUT2D eigenvalue weighted by Crippen LogP contribution is 2.14. The number of piperazine rings is 1. The van der Waals surface area contributed by atoms with Crippen LogP contribution in [0.1, 0.15) is 5.56 Å². The zero-order chi connectivity index (χ0) is 18.2. The molecule has 1 saturated heterocycles. The lowest BCUT2D eigenvalue weighted by atomic mass is 10.2. The minimum absolute atomic E-state index is 0.0958. The molecule has 0 aliphatic carbocycles. The number of nitrogens with zero attached hydrogens (tertiary/aromatic N) is 2. The fourth-order valence-electron chi connectivity index (χ4n) is 2.94. The van der Waals surface area contributed by atoms with Crippen molar-refractivity contribution in [3.8, 4) is 5.75 Å². The SMILES string of the molecule is O=C(NCCOc1ccccc1F)N1CCN(Cc2ccccc2)CC1. The highest BCUT2D eigenvalue weighted by molar-refractivity contribution is 5.74. The molecule has 5 nitrogen and oxygen atoms in total. The average Bonchev–Trinajstić information content (AvgIpc) is 2.68. The summed E-state index contributed by atoms with van der Waals surface area (Å²) < 4.78 is 18.8. The van der Waals surface area contributed by atoms with Gasteiger partial charge in [0.1, 0.15) is 6.61 Å². The van der Waals surface area contributed by atoms with Crippen LogP contribution in [0.5, 0.6) is 5.75 Å². The predicted octanol–water partition coefficient (Wildman–Crippen LogP) is 2.73. The van der Waals surface area contributed by atoms with E-state index in [2.05, 4.69) is 22.3 Å². The van der Waals surface area contributed by atoms with E-state index < -0.39 is 5.82 Å². The van der Waals surface area contributed by atoms with Gasteiger partial charge in [-0.2, -0.15) is 0 Å². The Kier molecular flexibility index (Phi) is 6.44. The number of hydrogen-bond donors (Lipinski definition) is 1. The fraction of sp³-hybridized carbons (Fsp3) is 0.350. The van der Waals surface area contributed by atoms with Crippen molar-refractivity contribution in [1.29, 1.82) is 0 Å². The van der Waals surface area contributed by atoms with Crippen LogP contribution in [0.25, 0.3) is 0 Å². The Hall–Kier alpha value is -2.60. The Morgan fingerprint density at radius 1 is 1.00 bits per heavy atom. The number of halogens is 1. The monoisotopic (exact) mass is 357 g/mol. The van der Waals surface area contributed by atoms with Crippen molar-refractivity contribution in [3.63, 3.8) is 0 Å². The van der Waals surface area contributed by atoms with Gasteiger partial charge in [-0.25, -0.2) is 9.18 Å². The Balaban J connectivity index is 1.34. The van der Waals surface area contributed by atoms with Crippen LogP contribution in [0, 0.1) is 5.82 Å². The van der Waals surface area contributed by atoms with Crippen molar-refractivity contribution in [2.24, 2.45) is 0 Å². The summed E-state index contributed by atoms with van der Waals surface area (Å²) in [6.07, 6.45) is 0. The molecule has 0 bridgehead atoms. The van der Waals surface area contributed by atoms with E-state index in [-0.39, 0.29) is 18.4 Å². The number of hydrogen-bond acceptors (Lipinski definition) is 3. The molecule has 2 aromatic rings. The normalized spacial score (nSPS) is 14.9. The van der Waals surface area contributed by atoms with Crippen LogP contribution in [0.4, 0.5) is 9.18 Å². The molecule has 2 aromatic carbocycles. The van der Waals surface area contributed by atoms with Gasteiger partial charge in [-0.3, -0.25) is 4.90 Å². The smallest absolute Gasteiger partial charge is 0.317 e. The molecule has 2 amide bonds. The Bertz CT molecular complexity index is 703. The standard InChI is InChI=1S/C20H24FN3O2/c21-18-8-4-5-9-19(18)26-15-10-22-20(25)24-13-11-23(12-14-24)16-17-6-2-1-3-7-17/h1-9H,10-16H2,(H,22,25). The summed E-state index contributed by atoms with van der Waals surface area (Å²) >= 11 is 0. The fourth-order valence-corrected chi connectivity index (χ4v) is 2.94. The van der Waals surface area contributed by atoms with Crippen molar-refractivity contribution in [2.45, 2.75) is 6.54 Å². The summed E-state index contributed by atoms with van der Waals surface area (Å²) in [5.74, 6) is -0.190. The van der Waals surface area contributed by atoms with Gasteiger partial charge in [0.05, 0.1) is 6.54 Å². The Morgan fingerprint density at radius 2 is 1.69 bits per heavy atom. The molecule has 26 heavy (non-hydrogen) atoms. The van der Waals surface area contributed by atoms with Gasteiger partial charge in [0.15, 0.2) is 11.6 Å². The second-order valence-electron chi connectivity index (χ2n) is 6.26. The molecule has 1 heterocycles. The molecule has 3 rings (SSSR count). The maximum Gasteiger partial charge on any atom is 0.317 e. The zero-order valence-corrected chi connectivity index (χ0v) is 14.7. The first-order valence-electron chi connectivity index (χ1n) is 8.89. The van der Waals surface area contributed by atoms with Gasteiger partial charge in [0.2, 0.25) is 0 Å². The molecular weight excluding hydrogens is 333 g/mol. The molecule has 0 spiro atoms. The number of urea groups is 1. The van der Waals surface area contributed by atoms with Crippen LogP contribution in [0.3, 0.4) is 0 Å². The maximum atomic E-state index is 13.4. The molecule has 138 valence electrons. The topological polar surface area (TPSA) is 44.8 Å². The van der Waals surface area contributed by atoms with Crippen molar-refractivity contribution >= 4 is 6.03 Å². The third-order valence-electron chi connectivity index (χ3n) is 4.38. The van der Waals surface area contributed by atoms with E-state index in [0.717, 1.165) is 19.6 Å². The van der Waals surface area contributed by atoms with Crippen LogP contribution in [-0.2, 0) is 6.54 Å². The molecule has 1 N–H and O–H groups in total. The van der Waals surface area contributed by atoms with Crippen LogP contribution in [-0.4, -0.2) is 55.2 Å². The molecule has 0 saturated carbocycles. The lowest BCUT2D eigenvalue weighted by molar-refractivity contribution is 0.134.